The molecule has 5 nitrogen and oxygen atoms in total. The third-order valence-corrected chi connectivity index (χ3v) is 8.30. The van der Waals surface area contributed by atoms with Crippen molar-refractivity contribution >= 4 is 71.3 Å². The molecule has 1 aromatic heterocycles. The molecule has 0 bridgehead atoms. The van der Waals surface area contributed by atoms with Gasteiger partial charge in [0.2, 0.25) is 0 Å². The number of halogens is 2. The number of hydrogen-bond acceptors (Lipinski definition) is 4. The second-order valence-corrected chi connectivity index (χ2v) is 11.0. The van der Waals surface area contributed by atoms with Gasteiger partial charge in [-0.1, -0.05) is 0 Å². The van der Waals surface area contributed by atoms with Crippen LogP contribution in [-0.4, -0.2) is 21.4 Å². The molecule has 0 radical (unpaired) electrons. The number of anilines is 2. The van der Waals surface area contributed by atoms with Crippen LogP contribution in [0.3, 0.4) is 0 Å². The minimum absolute atomic E-state index is 0.000552. The minimum Gasteiger partial charge on any atom is -0.321 e. The second-order valence-electron chi connectivity index (χ2n) is 6.72. The van der Waals surface area contributed by atoms with Crippen molar-refractivity contribution < 1.29 is 17.6 Å². The lowest BCUT2D eigenvalue weighted by Gasteiger charge is -2.19. The number of nitrogens with one attached hydrogen (secondary N) is 1. The Balaban J connectivity index is 1.60. The van der Waals surface area contributed by atoms with Crippen LogP contribution < -0.4 is 9.62 Å². The predicted molar refractivity (Wildman–Crippen MR) is 131 cm³/mol. The number of rotatable bonds is 5. The van der Waals surface area contributed by atoms with Crippen molar-refractivity contribution in [3.8, 4) is 0 Å². The maximum atomic E-state index is 13.2. The maximum absolute atomic E-state index is 13.2. The van der Waals surface area contributed by atoms with E-state index in [-0.39, 0.29) is 10.8 Å². The molecule has 31 heavy (non-hydrogen) atoms. The van der Waals surface area contributed by atoms with Gasteiger partial charge in [0.1, 0.15) is 5.82 Å². The number of sulfonamides is 1. The highest BCUT2D eigenvalue weighted by Crippen LogP contribution is 2.31. The van der Waals surface area contributed by atoms with E-state index in [1.54, 1.807) is 24.3 Å². The quantitative estimate of drug-likeness (QED) is 0.314. The van der Waals surface area contributed by atoms with Crippen molar-refractivity contribution in [1.82, 2.24) is 0 Å². The summed E-state index contributed by atoms with van der Waals surface area (Å²) in [4.78, 5) is 13.1. The van der Waals surface area contributed by atoms with Crippen molar-refractivity contribution in [2.24, 2.45) is 0 Å². The van der Waals surface area contributed by atoms with Crippen molar-refractivity contribution in [3.05, 3.63) is 87.1 Å². The lowest BCUT2D eigenvalue weighted by Crippen LogP contribution is -2.26. The van der Waals surface area contributed by atoms with Crippen LogP contribution in [0.2, 0.25) is 0 Å². The van der Waals surface area contributed by atoms with Crippen LogP contribution in [-0.2, 0) is 10.0 Å². The maximum Gasteiger partial charge on any atom is 0.265 e. The van der Waals surface area contributed by atoms with E-state index in [1.807, 2.05) is 24.3 Å². The molecule has 0 aliphatic carbocycles. The zero-order valence-electron chi connectivity index (χ0n) is 16.2. The van der Waals surface area contributed by atoms with E-state index in [9.17, 15) is 17.6 Å². The third kappa shape index (κ3) is 4.58. The first-order chi connectivity index (χ1) is 14.7. The summed E-state index contributed by atoms with van der Waals surface area (Å²) < 4.78 is 42.0. The fourth-order valence-corrected chi connectivity index (χ4v) is 5.45. The van der Waals surface area contributed by atoms with Gasteiger partial charge in [0.15, 0.2) is 0 Å². The molecule has 0 atom stereocenters. The fourth-order valence-electron chi connectivity index (χ4n) is 2.97. The molecule has 0 spiro atoms. The van der Waals surface area contributed by atoms with E-state index < -0.39 is 15.8 Å². The topological polar surface area (TPSA) is 66.5 Å². The average molecular weight is 566 g/mol. The molecule has 1 amide bonds. The van der Waals surface area contributed by atoms with Crippen LogP contribution in [0.25, 0.3) is 10.1 Å². The monoisotopic (exact) mass is 566 g/mol. The molecule has 3 aromatic carbocycles. The molecule has 1 heterocycles. The van der Waals surface area contributed by atoms with Crippen LogP contribution in [0.15, 0.2) is 77.7 Å². The van der Waals surface area contributed by atoms with Gasteiger partial charge in [-0.3, -0.25) is 9.10 Å². The molecule has 1 N–H and O–H groups in total. The zero-order valence-corrected chi connectivity index (χ0v) is 20.0. The molecular weight excluding hydrogens is 550 g/mol. The van der Waals surface area contributed by atoms with Gasteiger partial charge in [0.05, 0.1) is 15.5 Å². The molecule has 0 unspecified atom stereocenters. The number of fused-ring (bicyclic) bond motifs is 1. The van der Waals surface area contributed by atoms with Gasteiger partial charge in [-0.25, -0.2) is 12.8 Å². The summed E-state index contributed by atoms with van der Waals surface area (Å²) in [6.07, 6.45) is 0. The van der Waals surface area contributed by atoms with Gasteiger partial charge in [0, 0.05) is 21.0 Å². The number of carbonyl (C=O) groups is 1. The molecule has 4 rings (SSSR count). The van der Waals surface area contributed by atoms with Crippen molar-refractivity contribution in [2.45, 2.75) is 4.90 Å². The Bertz CT molecular complexity index is 1370. The van der Waals surface area contributed by atoms with Gasteiger partial charge in [0.25, 0.3) is 15.9 Å². The van der Waals surface area contributed by atoms with Crippen molar-refractivity contribution in [1.29, 1.82) is 0 Å². The SMILES string of the molecule is CN(c1ccc2sc(C(=O)Nc3ccc(I)cc3)cc2c1)S(=O)(=O)c1ccc(F)cc1. The van der Waals surface area contributed by atoms with E-state index >= 15 is 0 Å². The van der Waals surface area contributed by atoms with E-state index in [0.717, 1.165) is 30.1 Å². The molecule has 9 heteroatoms. The summed E-state index contributed by atoms with van der Waals surface area (Å²) in [5.74, 6) is -0.728. The van der Waals surface area contributed by atoms with Crippen LogP contribution in [0.4, 0.5) is 15.8 Å². The molecule has 0 saturated heterocycles. The Morgan fingerprint density at radius 1 is 1.00 bits per heavy atom. The van der Waals surface area contributed by atoms with Crippen molar-refractivity contribution in [3.63, 3.8) is 0 Å². The lowest BCUT2D eigenvalue weighted by molar-refractivity contribution is 0.103. The van der Waals surface area contributed by atoms with Gasteiger partial charge in [-0.05, 0) is 101 Å². The Morgan fingerprint density at radius 2 is 1.68 bits per heavy atom. The molecule has 0 aliphatic rings. The summed E-state index contributed by atoms with van der Waals surface area (Å²) in [6, 6.07) is 19.1. The number of hydrogen-bond donors (Lipinski definition) is 1. The lowest BCUT2D eigenvalue weighted by atomic mass is 10.2. The number of amides is 1. The van der Waals surface area contributed by atoms with Crippen LogP contribution >= 0.6 is 33.9 Å². The second kappa shape index (κ2) is 8.56. The highest BCUT2D eigenvalue weighted by Gasteiger charge is 2.22. The smallest absolute Gasteiger partial charge is 0.265 e. The fraction of sp³-hybridized carbons (Fsp3) is 0.0455. The van der Waals surface area contributed by atoms with Crippen LogP contribution in [0, 0.1) is 9.39 Å². The summed E-state index contributed by atoms with van der Waals surface area (Å²) >= 11 is 3.53. The standard InChI is InChI=1S/C22H16FIN2O3S2/c1-26(31(28,29)19-9-2-15(23)3-10-19)18-8-11-20-14(12-18)13-21(30-20)22(27)25-17-6-4-16(24)5-7-17/h2-13H,1H3,(H,25,27). The largest absolute Gasteiger partial charge is 0.321 e. The number of carbonyl (C=O) groups excluding carboxylic acids is 1. The molecule has 4 aromatic rings. The Hall–Kier alpha value is -2.50. The van der Waals surface area contributed by atoms with Gasteiger partial charge in [-0.15, -0.1) is 11.3 Å². The summed E-state index contributed by atoms with van der Waals surface area (Å²) in [7, 11) is -2.40. The molecule has 0 fully saturated rings. The number of nitrogens with zero attached hydrogens (tertiary/aromatic N) is 1. The van der Waals surface area contributed by atoms with Crippen LogP contribution in [0.5, 0.6) is 0 Å². The molecule has 0 aliphatic heterocycles. The Kier molecular flexibility index (Phi) is 6.00. The van der Waals surface area contributed by atoms with Crippen LogP contribution in [0.1, 0.15) is 9.67 Å². The average Bonchev–Trinajstić information content (AvgIpc) is 3.18. The zero-order chi connectivity index (χ0) is 22.2. The van der Waals surface area contributed by atoms with Gasteiger partial charge >= 0.3 is 0 Å². The van der Waals surface area contributed by atoms with Gasteiger partial charge < -0.3 is 5.32 Å². The van der Waals surface area contributed by atoms with E-state index in [0.29, 0.717) is 16.3 Å². The van der Waals surface area contributed by atoms with E-state index in [2.05, 4.69) is 27.9 Å². The number of benzene rings is 3. The third-order valence-electron chi connectivity index (χ3n) is 4.66. The number of thiophene rings is 1. The van der Waals surface area contributed by atoms with E-state index in [4.69, 9.17) is 0 Å². The molecule has 0 saturated carbocycles. The predicted octanol–water partition coefficient (Wildman–Crippen LogP) is 5.72. The molecular formula is C22H16FIN2O3S2. The summed E-state index contributed by atoms with van der Waals surface area (Å²) in [5.41, 5.74) is 1.15. The Morgan fingerprint density at radius 3 is 2.35 bits per heavy atom. The highest BCUT2D eigenvalue weighted by molar-refractivity contribution is 14.1. The molecule has 158 valence electrons. The first kappa shape index (κ1) is 21.7. The first-order valence-corrected chi connectivity index (χ1v) is 12.4. The summed E-state index contributed by atoms with van der Waals surface area (Å²) in [5, 5.41) is 3.63. The summed E-state index contributed by atoms with van der Waals surface area (Å²) in [6.45, 7) is 0. The first-order valence-electron chi connectivity index (χ1n) is 9.09. The highest BCUT2D eigenvalue weighted by atomic mass is 127. The minimum atomic E-state index is -3.84. The normalized spacial score (nSPS) is 11.5. The Labute approximate surface area is 196 Å². The van der Waals surface area contributed by atoms with Crippen molar-refractivity contribution in [2.75, 3.05) is 16.7 Å². The van der Waals surface area contributed by atoms with E-state index in [1.165, 1.54) is 30.5 Å². The van der Waals surface area contributed by atoms with Gasteiger partial charge in [-0.2, -0.15) is 0 Å².